The summed E-state index contributed by atoms with van der Waals surface area (Å²) in [6, 6.07) is 5.75. The lowest BCUT2D eigenvalue weighted by molar-refractivity contribution is -0.497. The summed E-state index contributed by atoms with van der Waals surface area (Å²) in [5.41, 5.74) is 0.983. The van der Waals surface area contributed by atoms with Gasteiger partial charge in [-0.3, -0.25) is 19.7 Å². The molecule has 1 saturated carbocycles. The molecule has 1 aromatic rings. The van der Waals surface area contributed by atoms with Crippen molar-refractivity contribution >= 4 is 17.4 Å². The smallest absolute Gasteiger partial charge is 0.234 e. The van der Waals surface area contributed by atoms with Gasteiger partial charge in [-0.25, -0.2) is 0 Å². The highest BCUT2D eigenvalue weighted by molar-refractivity contribution is 5.98. The molecule has 18 heavy (non-hydrogen) atoms. The molecule has 6 nitrogen and oxygen atoms in total. The average Bonchev–Trinajstić information content (AvgIpc) is 3.09. The number of anilines is 1. The van der Waals surface area contributed by atoms with E-state index in [9.17, 15) is 19.7 Å². The van der Waals surface area contributed by atoms with Crippen molar-refractivity contribution in [1.29, 1.82) is 0 Å². The van der Waals surface area contributed by atoms with Crippen LogP contribution in [-0.4, -0.2) is 22.7 Å². The van der Waals surface area contributed by atoms with E-state index in [0.29, 0.717) is 11.3 Å². The summed E-state index contributed by atoms with van der Waals surface area (Å²) in [7, 11) is 0. The van der Waals surface area contributed by atoms with Crippen LogP contribution >= 0.6 is 0 Å². The van der Waals surface area contributed by atoms with Crippen molar-refractivity contribution in [2.45, 2.75) is 19.4 Å². The summed E-state index contributed by atoms with van der Waals surface area (Å²) < 4.78 is 0. The van der Waals surface area contributed by atoms with Crippen LogP contribution in [0.3, 0.4) is 0 Å². The summed E-state index contributed by atoms with van der Waals surface area (Å²) in [5, 5.41) is 13.0. The maximum absolute atomic E-state index is 11.7. The van der Waals surface area contributed by atoms with E-state index >= 15 is 0 Å². The van der Waals surface area contributed by atoms with E-state index < -0.39 is 16.9 Å². The zero-order chi connectivity index (χ0) is 13.3. The number of nitrogens with one attached hydrogen (secondary N) is 1. The van der Waals surface area contributed by atoms with Crippen molar-refractivity contribution < 1.29 is 14.5 Å². The molecule has 1 aliphatic carbocycles. The molecular formula is C12H12N2O4. The monoisotopic (exact) mass is 248 g/mol. The van der Waals surface area contributed by atoms with Gasteiger partial charge in [-0.1, -0.05) is 12.1 Å². The Hall–Kier alpha value is -2.24. The molecule has 0 aliphatic heterocycles. The fourth-order valence-electron chi connectivity index (χ4n) is 1.75. The van der Waals surface area contributed by atoms with Crippen LogP contribution in [0.1, 0.15) is 23.7 Å². The molecule has 0 bridgehead atoms. The van der Waals surface area contributed by atoms with Gasteiger partial charge in [0, 0.05) is 22.6 Å². The maximum Gasteiger partial charge on any atom is 0.234 e. The van der Waals surface area contributed by atoms with Crippen LogP contribution in [0.4, 0.5) is 5.69 Å². The fourth-order valence-corrected chi connectivity index (χ4v) is 1.75. The first-order valence-electron chi connectivity index (χ1n) is 5.54. The predicted molar refractivity (Wildman–Crippen MR) is 64.0 cm³/mol. The Morgan fingerprint density at radius 1 is 1.44 bits per heavy atom. The number of carbonyl (C=O) groups excluding carboxylic acids is 2. The molecule has 2 atom stereocenters. The van der Waals surface area contributed by atoms with Gasteiger partial charge in [0.2, 0.25) is 11.9 Å². The molecule has 0 heterocycles. The first-order valence-corrected chi connectivity index (χ1v) is 5.54. The Morgan fingerprint density at radius 3 is 2.72 bits per heavy atom. The quantitative estimate of drug-likeness (QED) is 0.496. The molecule has 0 radical (unpaired) electrons. The van der Waals surface area contributed by atoms with Gasteiger partial charge in [-0.2, -0.15) is 0 Å². The number of nitrogens with zero attached hydrogens (tertiary/aromatic N) is 1. The molecule has 1 aromatic carbocycles. The van der Waals surface area contributed by atoms with Gasteiger partial charge in [-0.05, 0) is 19.1 Å². The first-order chi connectivity index (χ1) is 8.49. The first kappa shape index (κ1) is 12.2. The minimum Gasteiger partial charge on any atom is -0.326 e. The van der Waals surface area contributed by atoms with Crippen molar-refractivity contribution in [3.8, 4) is 0 Å². The molecule has 1 N–H and O–H groups in total. The number of hydrogen-bond acceptors (Lipinski definition) is 4. The highest BCUT2D eigenvalue weighted by Gasteiger charge is 2.53. The molecule has 1 fully saturated rings. The Bertz CT molecular complexity index is 527. The molecule has 0 aromatic heterocycles. The van der Waals surface area contributed by atoms with E-state index in [4.69, 9.17) is 0 Å². The Balaban J connectivity index is 2.02. The van der Waals surface area contributed by atoms with Gasteiger partial charge >= 0.3 is 0 Å². The molecule has 0 saturated heterocycles. The van der Waals surface area contributed by atoms with Gasteiger partial charge in [-0.15, -0.1) is 0 Å². The van der Waals surface area contributed by atoms with E-state index in [1.54, 1.807) is 24.3 Å². The number of Topliss-reactive ketones (excluding diaryl/α,β-unsaturated/α-hetero) is 1. The molecule has 2 rings (SSSR count). The third kappa shape index (κ3) is 2.53. The highest BCUT2D eigenvalue weighted by Crippen LogP contribution is 2.34. The van der Waals surface area contributed by atoms with E-state index in [1.165, 1.54) is 6.92 Å². The van der Waals surface area contributed by atoms with Gasteiger partial charge < -0.3 is 5.32 Å². The zero-order valence-electron chi connectivity index (χ0n) is 9.75. The number of ketones is 1. The number of rotatable bonds is 4. The normalized spacial score (nSPS) is 21.2. The summed E-state index contributed by atoms with van der Waals surface area (Å²) in [6.07, 6.45) is 0.283. The second kappa shape index (κ2) is 4.56. The summed E-state index contributed by atoms with van der Waals surface area (Å²) in [5.74, 6) is -1.01. The lowest BCUT2D eigenvalue weighted by Gasteiger charge is -2.04. The lowest BCUT2D eigenvalue weighted by Crippen LogP contribution is -2.18. The zero-order valence-corrected chi connectivity index (χ0v) is 9.75. The van der Waals surface area contributed by atoms with Crippen molar-refractivity contribution in [2.75, 3.05) is 5.32 Å². The second-order valence-corrected chi connectivity index (χ2v) is 4.32. The fraction of sp³-hybridized carbons (Fsp3) is 0.333. The minimum atomic E-state index is -0.763. The molecule has 0 spiro atoms. The summed E-state index contributed by atoms with van der Waals surface area (Å²) in [6.45, 7) is 1.44. The summed E-state index contributed by atoms with van der Waals surface area (Å²) in [4.78, 5) is 32.9. The molecule has 1 amide bonds. The van der Waals surface area contributed by atoms with Crippen LogP contribution in [0.15, 0.2) is 24.3 Å². The number of amides is 1. The Kier molecular flexibility index (Phi) is 3.10. The molecule has 2 unspecified atom stereocenters. The van der Waals surface area contributed by atoms with Gasteiger partial charge in [0.15, 0.2) is 5.78 Å². The number of carbonyl (C=O) groups is 2. The third-order valence-electron chi connectivity index (χ3n) is 2.90. The van der Waals surface area contributed by atoms with Crippen molar-refractivity contribution in [1.82, 2.24) is 0 Å². The highest BCUT2D eigenvalue weighted by atomic mass is 16.6. The molecular weight excluding hydrogens is 236 g/mol. The standard InChI is InChI=1S/C12H12N2O4/c1-7(15)8-3-2-4-9(5-8)13-12(16)10-6-11(10)14(17)18/h2-5,10-11H,6H2,1H3,(H,13,16). The van der Waals surface area contributed by atoms with Crippen LogP contribution in [0.25, 0.3) is 0 Å². The molecule has 1 aliphatic rings. The average molecular weight is 248 g/mol. The van der Waals surface area contributed by atoms with E-state index in [0.717, 1.165) is 0 Å². The number of hydrogen-bond donors (Lipinski definition) is 1. The molecule has 6 heteroatoms. The van der Waals surface area contributed by atoms with Crippen LogP contribution in [-0.2, 0) is 4.79 Å². The van der Waals surface area contributed by atoms with Crippen LogP contribution < -0.4 is 5.32 Å². The van der Waals surface area contributed by atoms with Gasteiger partial charge in [0.05, 0.1) is 0 Å². The van der Waals surface area contributed by atoms with Gasteiger partial charge in [0.1, 0.15) is 5.92 Å². The van der Waals surface area contributed by atoms with Gasteiger partial charge in [0.25, 0.3) is 0 Å². The predicted octanol–water partition coefficient (Wildman–Crippen LogP) is 1.49. The van der Waals surface area contributed by atoms with Crippen LogP contribution in [0.5, 0.6) is 0 Å². The largest absolute Gasteiger partial charge is 0.326 e. The van der Waals surface area contributed by atoms with Crippen LogP contribution in [0.2, 0.25) is 0 Å². The second-order valence-electron chi connectivity index (χ2n) is 4.32. The lowest BCUT2D eigenvalue weighted by atomic mass is 10.1. The van der Waals surface area contributed by atoms with Crippen molar-refractivity contribution in [3.63, 3.8) is 0 Å². The van der Waals surface area contributed by atoms with E-state index in [2.05, 4.69) is 5.32 Å². The van der Waals surface area contributed by atoms with Crippen molar-refractivity contribution in [3.05, 3.63) is 39.9 Å². The van der Waals surface area contributed by atoms with Crippen molar-refractivity contribution in [2.24, 2.45) is 5.92 Å². The Morgan fingerprint density at radius 2 is 2.17 bits per heavy atom. The third-order valence-corrected chi connectivity index (χ3v) is 2.90. The van der Waals surface area contributed by atoms with E-state index in [-0.39, 0.29) is 18.1 Å². The SMILES string of the molecule is CC(=O)c1cccc(NC(=O)C2CC2[N+](=O)[O-])c1. The van der Waals surface area contributed by atoms with Crippen LogP contribution in [0, 0.1) is 16.0 Å². The summed E-state index contributed by atoms with van der Waals surface area (Å²) >= 11 is 0. The minimum absolute atomic E-state index is 0.0966. The van der Waals surface area contributed by atoms with E-state index in [1.807, 2.05) is 0 Å². The Labute approximate surface area is 103 Å². The maximum atomic E-state index is 11.7. The topological polar surface area (TPSA) is 89.3 Å². The number of nitro groups is 1. The molecule has 94 valence electrons. The number of benzene rings is 1.